The molecule has 0 radical (unpaired) electrons. The third-order valence-corrected chi connectivity index (χ3v) is 4.17. The molecule has 5 nitrogen and oxygen atoms in total. The summed E-state index contributed by atoms with van der Waals surface area (Å²) in [5.74, 6) is -0.828. The van der Waals surface area contributed by atoms with Gasteiger partial charge in [0.15, 0.2) is 0 Å². The van der Waals surface area contributed by atoms with Crippen molar-refractivity contribution in [2.75, 3.05) is 11.9 Å². The Morgan fingerprint density at radius 3 is 2.57 bits per heavy atom. The van der Waals surface area contributed by atoms with E-state index in [-0.39, 0.29) is 6.54 Å². The van der Waals surface area contributed by atoms with Gasteiger partial charge in [-0.1, -0.05) is 36.9 Å². The Morgan fingerprint density at radius 2 is 1.95 bits per heavy atom. The normalized spacial score (nSPS) is 17.0. The number of carboxylic acid groups (broad SMARTS) is 1. The number of rotatable bonds is 4. The molecule has 0 heterocycles. The maximum atomic E-state index is 11.9. The highest BCUT2D eigenvalue weighted by molar-refractivity contribution is 6.30. The van der Waals surface area contributed by atoms with Crippen molar-refractivity contribution < 1.29 is 14.7 Å². The zero-order valence-corrected chi connectivity index (χ0v) is 12.4. The van der Waals surface area contributed by atoms with Gasteiger partial charge in [-0.3, -0.25) is 4.79 Å². The second-order valence-electron chi connectivity index (χ2n) is 5.46. The van der Waals surface area contributed by atoms with Crippen LogP contribution in [0, 0.1) is 5.41 Å². The number of benzene rings is 1. The second kappa shape index (κ2) is 6.80. The molecule has 0 aromatic heterocycles. The van der Waals surface area contributed by atoms with Gasteiger partial charge >= 0.3 is 12.0 Å². The lowest BCUT2D eigenvalue weighted by molar-refractivity contribution is -0.150. The molecule has 1 fully saturated rings. The molecule has 1 saturated carbocycles. The van der Waals surface area contributed by atoms with E-state index in [9.17, 15) is 14.7 Å². The molecule has 1 aromatic carbocycles. The smallest absolute Gasteiger partial charge is 0.319 e. The quantitative estimate of drug-likeness (QED) is 0.796. The molecule has 0 saturated heterocycles. The van der Waals surface area contributed by atoms with Gasteiger partial charge in [-0.25, -0.2) is 4.79 Å². The first-order chi connectivity index (χ1) is 10.0. The summed E-state index contributed by atoms with van der Waals surface area (Å²) < 4.78 is 0. The van der Waals surface area contributed by atoms with E-state index in [4.69, 9.17) is 11.6 Å². The molecule has 1 aliphatic rings. The van der Waals surface area contributed by atoms with Crippen molar-refractivity contribution in [3.05, 3.63) is 29.3 Å². The largest absolute Gasteiger partial charge is 0.481 e. The lowest BCUT2D eigenvalue weighted by Gasteiger charge is -2.33. The Bertz CT molecular complexity index is 527. The van der Waals surface area contributed by atoms with E-state index in [2.05, 4.69) is 10.6 Å². The average molecular weight is 311 g/mol. The molecule has 2 amide bonds. The first kappa shape index (κ1) is 15.6. The van der Waals surface area contributed by atoms with Crippen LogP contribution in [0.1, 0.15) is 32.1 Å². The first-order valence-corrected chi connectivity index (χ1v) is 7.43. The fourth-order valence-electron chi connectivity index (χ4n) is 2.69. The Hall–Kier alpha value is -1.75. The molecule has 114 valence electrons. The molecule has 0 aliphatic heterocycles. The van der Waals surface area contributed by atoms with Crippen LogP contribution >= 0.6 is 11.6 Å². The van der Waals surface area contributed by atoms with Crippen LogP contribution in [0.3, 0.4) is 0 Å². The van der Waals surface area contributed by atoms with Crippen LogP contribution in [-0.2, 0) is 4.79 Å². The summed E-state index contributed by atoms with van der Waals surface area (Å²) in [5, 5.41) is 15.3. The monoisotopic (exact) mass is 310 g/mol. The number of halogens is 1. The third kappa shape index (κ3) is 4.11. The SMILES string of the molecule is O=C(NCC1(C(=O)O)CCCCC1)Nc1cccc(Cl)c1. The van der Waals surface area contributed by atoms with Gasteiger partial charge in [-0.05, 0) is 31.0 Å². The highest BCUT2D eigenvalue weighted by Gasteiger charge is 2.39. The Morgan fingerprint density at radius 1 is 1.24 bits per heavy atom. The predicted molar refractivity (Wildman–Crippen MR) is 81.6 cm³/mol. The van der Waals surface area contributed by atoms with Gasteiger partial charge in [-0.2, -0.15) is 0 Å². The number of nitrogens with one attached hydrogen (secondary N) is 2. The molecule has 2 rings (SSSR count). The molecule has 1 aromatic rings. The molecule has 0 unspecified atom stereocenters. The summed E-state index contributed by atoms with van der Waals surface area (Å²) in [5.41, 5.74) is -0.253. The predicted octanol–water partition coefficient (Wildman–Crippen LogP) is 3.50. The standard InChI is InChI=1S/C15H19ClN2O3/c16-11-5-4-6-12(9-11)18-14(21)17-10-15(13(19)20)7-2-1-3-8-15/h4-6,9H,1-3,7-8,10H2,(H,19,20)(H2,17,18,21). The Labute approximate surface area is 128 Å². The van der Waals surface area contributed by atoms with Gasteiger partial charge in [-0.15, -0.1) is 0 Å². The summed E-state index contributed by atoms with van der Waals surface area (Å²) in [4.78, 5) is 23.4. The van der Waals surface area contributed by atoms with Crippen molar-refractivity contribution in [3.63, 3.8) is 0 Å². The topological polar surface area (TPSA) is 78.4 Å². The molecule has 0 bridgehead atoms. The summed E-state index contributed by atoms with van der Waals surface area (Å²) in [7, 11) is 0. The second-order valence-corrected chi connectivity index (χ2v) is 5.90. The van der Waals surface area contributed by atoms with Gasteiger partial charge in [0.1, 0.15) is 0 Å². The van der Waals surface area contributed by atoms with Gasteiger partial charge in [0, 0.05) is 17.3 Å². The van der Waals surface area contributed by atoms with E-state index in [1.807, 2.05) is 0 Å². The number of hydrogen-bond donors (Lipinski definition) is 3. The van der Waals surface area contributed by atoms with Crippen LogP contribution in [-0.4, -0.2) is 23.7 Å². The lowest BCUT2D eigenvalue weighted by Crippen LogP contribution is -2.45. The Balaban J connectivity index is 1.91. The van der Waals surface area contributed by atoms with Crippen LogP contribution in [0.5, 0.6) is 0 Å². The maximum Gasteiger partial charge on any atom is 0.319 e. The van der Waals surface area contributed by atoms with Crippen molar-refractivity contribution >= 4 is 29.3 Å². The van der Waals surface area contributed by atoms with Crippen molar-refractivity contribution in [1.82, 2.24) is 5.32 Å². The minimum absolute atomic E-state index is 0.148. The van der Waals surface area contributed by atoms with Crippen molar-refractivity contribution in [3.8, 4) is 0 Å². The molecule has 3 N–H and O–H groups in total. The van der Waals surface area contributed by atoms with E-state index in [1.54, 1.807) is 24.3 Å². The van der Waals surface area contributed by atoms with Gasteiger partial charge in [0.2, 0.25) is 0 Å². The summed E-state index contributed by atoms with van der Waals surface area (Å²) >= 11 is 5.84. The third-order valence-electron chi connectivity index (χ3n) is 3.93. The fourth-order valence-corrected chi connectivity index (χ4v) is 2.88. The minimum Gasteiger partial charge on any atom is -0.481 e. The van der Waals surface area contributed by atoms with Crippen LogP contribution in [0.4, 0.5) is 10.5 Å². The van der Waals surface area contributed by atoms with Crippen LogP contribution in [0.2, 0.25) is 5.02 Å². The van der Waals surface area contributed by atoms with E-state index in [1.165, 1.54) is 0 Å². The van der Waals surface area contributed by atoms with Crippen molar-refractivity contribution in [1.29, 1.82) is 0 Å². The van der Waals surface area contributed by atoms with Gasteiger partial charge < -0.3 is 15.7 Å². The summed E-state index contributed by atoms with van der Waals surface area (Å²) in [6.07, 6.45) is 4.07. The van der Waals surface area contributed by atoms with E-state index < -0.39 is 17.4 Å². The number of hydrogen-bond acceptors (Lipinski definition) is 2. The van der Waals surface area contributed by atoms with Crippen LogP contribution < -0.4 is 10.6 Å². The van der Waals surface area contributed by atoms with Gasteiger partial charge in [0.25, 0.3) is 0 Å². The number of aliphatic carboxylic acids is 1. The van der Waals surface area contributed by atoms with E-state index >= 15 is 0 Å². The maximum absolute atomic E-state index is 11.9. The van der Waals surface area contributed by atoms with Gasteiger partial charge in [0.05, 0.1) is 5.41 Å². The number of urea groups is 1. The molecule has 0 spiro atoms. The first-order valence-electron chi connectivity index (χ1n) is 7.06. The summed E-state index contributed by atoms with van der Waals surface area (Å²) in [6, 6.07) is 6.39. The summed E-state index contributed by atoms with van der Waals surface area (Å²) in [6.45, 7) is 0.148. The zero-order chi connectivity index (χ0) is 15.3. The van der Waals surface area contributed by atoms with Crippen LogP contribution in [0.15, 0.2) is 24.3 Å². The fraction of sp³-hybridized carbons (Fsp3) is 0.467. The van der Waals surface area contributed by atoms with Crippen molar-refractivity contribution in [2.24, 2.45) is 5.41 Å². The number of carbonyl (C=O) groups is 2. The van der Waals surface area contributed by atoms with Crippen LogP contribution in [0.25, 0.3) is 0 Å². The molecular weight excluding hydrogens is 292 g/mol. The Kier molecular flexibility index (Phi) is 5.07. The number of anilines is 1. The number of carboxylic acids is 1. The van der Waals surface area contributed by atoms with E-state index in [0.29, 0.717) is 23.6 Å². The highest BCUT2D eigenvalue weighted by atomic mass is 35.5. The molecule has 0 atom stereocenters. The van der Waals surface area contributed by atoms with Crippen molar-refractivity contribution in [2.45, 2.75) is 32.1 Å². The molecular formula is C15H19ClN2O3. The highest BCUT2D eigenvalue weighted by Crippen LogP contribution is 2.36. The minimum atomic E-state index is -0.829. The molecule has 21 heavy (non-hydrogen) atoms. The molecule has 6 heteroatoms. The molecule has 1 aliphatic carbocycles. The number of amides is 2. The number of carbonyl (C=O) groups excluding carboxylic acids is 1. The zero-order valence-electron chi connectivity index (χ0n) is 11.7. The average Bonchev–Trinajstić information content (AvgIpc) is 2.46. The lowest BCUT2D eigenvalue weighted by atomic mass is 9.74. The van der Waals surface area contributed by atoms with E-state index in [0.717, 1.165) is 19.3 Å².